The van der Waals surface area contributed by atoms with Gasteiger partial charge in [-0.1, -0.05) is 28.8 Å². The molecule has 1 amide bonds. The van der Waals surface area contributed by atoms with Gasteiger partial charge in [-0.25, -0.2) is 9.18 Å². The number of halogens is 2. The van der Waals surface area contributed by atoms with E-state index in [1.165, 1.54) is 18.2 Å². The Morgan fingerprint density at radius 2 is 2.00 bits per heavy atom. The Kier molecular flexibility index (Phi) is 4.42. The van der Waals surface area contributed by atoms with E-state index in [1.54, 1.807) is 0 Å². The molecule has 108 valence electrons. The van der Waals surface area contributed by atoms with Crippen LogP contribution < -0.4 is 5.32 Å². The molecule has 1 aliphatic rings. The Hall–Kier alpha value is -1.43. The van der Waals surface area contributed by atoms with Gasteiger partial charge in [0, 0.05) is 4.47 Å². The van der Waals surface area contributed by atoms with Crippen LogP contribution in [0.25, 0.3) is 0 Å². The largest absolute Gasteiger partial charge is 0.480 e. The van der Waals surface area contributed by atoms with Crippen molar-refractivity contribution < 1.29 is 19.1 Å². The van der Waals surface area contributed by atoms with Crippen LogP contribution in [0.2, 0.25) is 0 Å². The third-order valence-corrected chi connectivity index (χ3v) is 4.38. The highest BCUT2D eigenvalue weighted by atomic mass is 79.9. The smallest absolute Gasteiger partial charge is 0.329 e. The van der Waals surface area contributed by atoms with E-state index in [0.29, 0.717) is 22.9 Å². The summed E-state index contributed by atoms with van der Waals surface area (Å²) in [4.78, 5) is 23.4. The number of benzene rings is 1. The second-order valence-electron chi connectivity index (χ2n) is 5.06. The minimum absolute atomic E-state index is 0.0482. The summed E-state index contributed by atoms with van der Waals surface area (Å²) in [6.07, 6.45) is 2.41. The number of rotatable bonds is 4. The lowest BCUT2D eigenvalue weighted by Crippen LogP contribution is -2.52. The van der Waals surface area contributed by atoms with Gasteiger partial charge in [0.05, 0.1) is 6.42 Å². The molecule has 2 N–H and O–H groups in total. The molecule has 6 heteroatoms. The number of hydrogen-bond acceptors (Lipinski definition) is 2. The zero-order valence-electron chi connectivity index (χ0n) is 10.8. The van der Waals surface area contributed by atoms with Crippen LogP contribution in [0.15, 0.2) is 22.7 Å². The molecule has 0 saturated heterocycles. The fourth-order valence-corrected chi connectivity index (χ4v) is 2.92. The van der Waals surface area contributed by atoms with Crippen LogP contribution in [0.3, 0.4) is 0 Å². The van der Waals surface area contributed by atoms with Gasteiger partial charge in [-0.15, -0.1) is 0 Å². The molecular formula is C14H15BrFNO3. The van der Waals surface area contributed by atoms with Gasteiger partial charge < -0.3 is 10.4 Å². The van der Waals surface area contributed by atoms with Crippen LogP contribution in [0, 0.1) is 5.82 Å². The molecule has 0 aliphatic heterocycles. The van der Waals surface area contributed by atoms with E-state index in [1.807, 2.05) is 0 Å². The van der Waals surface area contributed by atoms with Gasteiger partial charge in [-0.2, -0.15) is 0 Å². The molecule has 2 rings (SSSR count). The van der Waals surface area contributed by atoms with Gasteiger partial charge in [-0.05, 0) is 36.6 Å². The number of nitrogens with one attached hydrogen (secondary N) is 1. The zero-order valence-corrected chi connectivity index (χ0v) is 12.4. The Morgan fingerprint density at radius 3 is 2.60 bits per heavy atom. The molecule has 1 aliphatic carbocycles. The van der Waals surface area contributed by atoms with Crippen molar-refractivity contribution in [2.75, 3.05) is 0 Å². The molecule has 0 unspecified atom stereocenters. The summed E-state index contributed by atoms with van der Waals surface area (Å²) in [7, 11) is 0. The quantitative estimate of drug-likeness (QED) is 0.883. The van der Waals surface area contributed by atoms with E-state index in [9.17, 15) is 19.1 Å². The molecular weight excluding hydrogens is 329 g/mol. The van der Waals surface area contributed by atoms with E-state index in [2.05, 4.69) is 21.2 Å². The molecule has 1 aromatic carbocycles. The van der Waals surface area contributed by atoms with Crippen LogP contribution >= 0.6 is 15.9 Å². The molecule has 1 aromatic rings. The first-order chi connectivity index (χ1) is 9.43. The molecule has 1 saturated carbocycles. The second-order valence-corrected chi connectivity index (χ2v) is 5.91. The van der Waals surface area contributed by atoms with Crippen molar-refractivity contribution in [3.63, 3.8) is 0 Å². The Labute approximate surface area is 124 Å². The number of carboxylic acid groups (broad SMARTS) is 1. The standard InChI is InChI=1S/C14H15BrFNO3/c15-11-4-3-10(16)7-9(11)8-12(18)17-14(13(19)20)5-1-2-6-14/h3-4,7H,1-2,5-6,8H2,(H,17,18)(H,19,20). The number of carboxylic acids is 1. The summed E-state index contributed by atoms with van der Waals surface area (Å²) in [6.45, 7) is 0. The highest BCUT2D eigenvalue weighted by molar-refractivity contribution is 9.10. The van der Waals surface area contributed by atoms with Gasteiger partial charge in [-0.3, -0.25) is 4.79 Å². The monoisotopic (exact) mass is 343 g/mol. The molecule has 0 heterocycles. The molecule has 1 fully saturated rings. The van der Waals surface area contributed by atoms with E-state index in [4.69, 9.17) is 0 Å². The van der Waals surface area contributed by atoms with Gasteiger partial charge >= 0.3 is 5.97 Å². The summed E-state index contributed by atoms with van der Waals surface area (Å²) in [5, 5.41) is 11.9. The van der Waals surface area contributed by atoms with Gasteiger partial charge in [0.1, 0.15) is 11.4 Å². The van der Waals surface area contributed by atoms with Gasteiger partial charge in [0.25, 0.3) is 0 Å². The van der Waals surface area contributed by atoms with Crippen molar-refractivity contribution in [1.82, 2.24) is 5.32 Å². The number of carbonyl (C=O) groups excluding carboxylic acids is 1. The Morgan fingerprint density at radius 1 is 1.35 bits per heavy atom. The van der Waals surface area contributed by atoms with Crippen LogP contribution in [0.4, 0.5) is 4.39 Å². The van der Waals surface area contributed by atoms with E-state index >= 15 is 0 Å². The van der Waals surface area contributed by atoms with E-state index in [0.717, 1.165) is 12.8 Å². The summed E-state index contributed by atoms with van der Waals surface area (Å²) in [5.41, 5.74) is -0.655. The van der Waals surface area contributed by atoms with Crippen LogP contribution in [-0.4, -0.2) is 22.5 Å². The number of aliphatic carboxylic acids is 1. The fourth-order valence-electron chi connectivity index (χ4n) is 2.53. The molecule has 0 spiro atoms. The lowest BCUT2D eigenvalue weighted by Gasteiger charge is -2.25. The minimum Gasteiger partial charge on any atom is -0.480 e. The van der Waals surface area contributed by atoms with Crippen molar-refractivity contribution in [3.05, 3.63) is 34.1 Å². The predicted molar refractivity (Wildman–Crippen MR) is 74.8 cm³/mol. The summed E-state index contributed by atoms with van der Waals surface area (Å²) in [5.74, 6) is -1.83. The first-order valence-electron chi connectivity index (χ1n) is 6.41. The topological polar surface area (TPSA) is 66.4 Å². The zero-order chi connectivity index (χ0) is 14.8. The van der Waals surface area contributed by atoms with Crippen LogP contribution in [0.5, 0.6) is 0 Å². The highest BCUT2D eigenvalue weighted by Crippen LogP contribution is 2.30. The normalized spacial score (nSPS) is 16.9. The molecule has 0 aromatic heterocycles. The van der Waals surface area contributed by atoms with E-state index in [-0.39, 0.29) is 6.42 Å². The predicted octanol–water partition coefficient (Wildman–Crippen LogP) is 2.64. The summed E-state index contributed by atoms with van der Waals surface area (Å²) < 4.78 is 13.8. The third-order valence-electron chi connectivity index (χ3n) is 3.60. The molecule has 4 nitrogen and oxygen atoms in total. The second kappa shape index (κ2) is 5.91. The SMILES string of the molecule is O=C(Cc1cc(F)ccc1Br)NC1(C(=O)O)CCCC1. The van der Waals surface area contributed by atoms with E-state index < -0.39 is 23.2 Å². The molecule has 0 atom stereocenters. The lowest BCUT2D eigenvalue weighted by atomic mass is 9.97. The van der Waals surface area contributed by atoms with Crippen molar-refractivity contribution in [1.29, 1.82) is 0 Å². The van der Waals surface area contributed by atoms with Crippen LogP contribution in [0.1, 0.15) is 31.2 Å². The minimum atomic E-state index is -1.16. The summed E-state index contributed by atoms with van der Waals surface area (Å²) in [6, 6.07) is 4.09. The first-order valence-corrected chi connectivity index (χ1v) is 7.21. The first kappa shape index (κ1) is 15.0. The van der Waals surface area contributed by atoms with Crippen molar-refractivity contribution in [2.45, 2.75) is 37.6 Å². The average molecular weight is 344 g/mol. The molecule has 0 bridgehead atoms. The van der Waals surface area contributed by atoms with Crippen molar-refractivity contribution >= 4 is 27.8 Å². The maximum absolute atomic E-state index is 13.2. The maximum atomic E-state index is 13.2. The van der Waals surface area contributed by atoms with Gasteiger partial charge in [0.2, 0.25) is 5.91 Å². The lowest BCUT2D eigenvalue weighted by molar-refractivity contribution is -0.147. The van der Waals surface area contributed by atoms with Gasteiger partial charge in [0.15, 0.2) is 0 Å². The van der Waals surface area contributed by atoms with Crippen molar-refractivity contribution in [2.24, 2.45) is 0 Å². The Balaban J connectivity index is 2.08. The molecule has 20 heavy (non-hydrogen) atoms. The number of hydrogen-bond donors (Lipinski definition) is 2. The Bertz CT molecular complexity index is 541. The highest BCUT2D eigenvalue weighted by Gasteiger charge is 2.42. The third kappa shape index (κ3) is 3.17. The maximum Gasteiger partial charge on any atom is 0.329 e. The average Bonchev–Trinajstić information content (AvgIpc) is 2.83. The summed E-state index contributed by atoms with van der Waals surface area (Å²) >= 11 is 3.25. The number of amides is 1. The molecule has 0 radical (unpaired) electrons. The van der Waals surface area contributed by atoms with Crippen LogP contribution in [-0.2, 0) is 16.0 Å². The van der Waals surface area contributed by atoms with Crippen molar-refractivity contribution in [3.8, 4) is 0 Å². The number of carbonyl (C=O) groups is 2. The fraction of sp³-hybridized carbons (Fsp3) is 0.429.